The highest BCUT2D eigenvalue weighted by molar-refractivity contribution is 9.10. The lowest BCUT2D eigenvalue weighted by Crippen LogP contribution is -2.27. The molecule has 0 saturated carbocycles. The minimum atomic E-state index is -0.373. The van der Waals surface area contributed by atoms with E-state index in [2.05, 4.69) is 21.2 Å². The zero-order valence-corrected chi connectivity index (χ0v) is 16.0. The molecule has 5 heteroatoms. The summed E-state index contributed by atoms with van der Waals surface area (Å²) >= 11 is 3.36. The Kier molecular flexibility index (Phi) is 7.19. The number of carbonyl (C=O) groups excluding carboxylic acids is 2. The largest absolute Gasteiger partial charge is 0.455 e. The predicted molar refractivity (Wildman–Crippen MR) is 102 cm³/mol. The topological polar surface area (TPSA) is 55.4 Å². The fraction of sp³-hybridized carbons (Fsp3) is 0.300. The number of hydrogen-bond acceptors (Lipinski definition) is 3. The van der Waals surface area contributed by atoms with Gasteiger partial charge in [0, 0.05) is 4.47 Å². The normalized spacial score (nSPS) is 12.9. The molecule has 25 heavy (non-hydrogen) atoms. The van der Waals surface area contributed by atoms with Gasteiger partial charge < -0.3 is 10.1 Å². The van der Waals surface area contributed by atoms with Crippen molar-refractivity contribution >= 4 is 33.5 Å². The third kappa shape index (κ3) is 5.43. The molecule has 0 aromatic heterocycles. The minimum absolute atomic E-state index is 0.126. The van der Waals surface area contributed by atoms with Crippen molar-refractivity contribution < 1.29 is 14.3 Å². The quantitative estimate of drug-likeness (QED) is 0.677. The molecule has 2 aromatic carbocycles. The van der Waals surface area contributed by atoms with E-state index in [-0.39, 0.29) is 30.3 Å². The molecular formula is C20H22BrNO3. The number of anilines is 1. The Morgan fingerprint density at radius 1 is 1.08 bits per heavy atom. The van der Waals surface area contributed by atoms with Crippen molar-refractivity contribution in [2.75, 3.05) is 11.9 Å². The molecule has 0 heterocycles. The first-order chi connectivity index (χ1) is 12.0. The van der Waals surface area contributed by atoms with Crippen LogP contribution in [-0.2, 0) is 14.3 Å². The van der Waals surface area contributed by atoms with Crippen molar-refractivity contribution in [2.45, 2.75) is 26.2 Å². The SMILES string of the molecule is CC[C@@H](C)[C@@H](C(=O)OCC(=O)Nc1ccccc1Br)c1ccccc1. The molecule has 0 aliphatic heterocycles. The predicted octanol–water partition coefficient (Wildman–Crippen LogP) is 4.76. The van der Waals surface area contributed by atoms with Crippen molar-refractivity contribution in [1.29, 1.82) is 0 Å². The summed E-state index contributed by atoms with van der Waals surface area (Å²) in [5.41, 5.74) is 1.55. The third-order valence-electron chi connectivity index (χ3n) is 4.12. The number of para-hydroxylation sites is 1. The van der Waals surface area contributed by atoms with Gasteiger partial charge in [0.1, 0.15) is 0 Å². The van der Waals surface area contributed by atoms with E-state index in [9.17, 15) is 9.59 Å². The lowest BCUT2D eigenvalue weighted by molar-refractivity contribution is -0.150. The van der Waals surface area contributed by atoms with E-state index in [1.807, 2.05) is 62.4 Å². The van der Waals surface area contributed by atoms with Crippen molar-refractivity contribution in [3.05, 3.63) is 64.6 Å². The Balaban J connectivity index is 1.99. The Morgan fingerprint density at radius 3 is 2.36 bits per heavy atom. The van der Waals surface area contributed by atoms with E-state index >= 15 is 0 Å². The lowest BCUT2D eigenvalue weighted by atomic mass is 9.86. The Morgan fingerprint density at radius 2 is 1.72 bits per heavy atom. The molecule has 4 nitrogen and oxygen atoms in total. The van der Waals surface area contributed by atoms with Crippen LogP contribution in [0.5, 0.6) is 0 Å². The second-order valence-corrected chi connectivity index (χ2v) is 6.76. The summed E-state index contributed by atoms with van der Waals surface area (Å²) in [5, 5.41) is 2.72. The number of ether oxygens (including phenoxy) is 1. The van der Waals surface area contributed by atoms with Crippen LogP contribution in [0, 0.1) is 5.92 Å². The number of hydrogen-bond donors (Lipinski definition) is 1. The molecule has 0 unspecified atom stereocenters. The number of nitrogens with one attached hydrogen (secondary N) is 1. The molecule has 0 bridgehead atoms. The molecule has 0 aliphatic carbocycles. The van der Waals surface area contributed by atoms with Crippen LogP contribution in [0.2, 0.25) is 0 Å². The van der Waals surface area contributed by atoms with E-state index in [1.165, 1.54) is 0 Å². The molecule has 132 valence electrons. The van der Waals surface area contributed by atoms with Crippen molar-refractivity contribution in [3.63, 3.8) is 0 Å². The maximum absolute atomic E-state index is 12.6. The van der Waals surface area contributed by atoms with Crippen LogP contribution in [0.1, 0.15) is 31.7 Å². The van der Waals surface area contributed by atoms with E-state index in [0.29, 0.717) is 5.69 Å². The van der Waals surface area contributed by atoms with Crippen LogP contribution in [0.4, 0.5) is 5.69 Å². The Labute approximate surface area is 156 Å². The molecule has 2 atom stereocenters. The molecular weight excluding hydrogens is 382 g/mol. The highest BCUT2D eigenvalue weighted by Crippen LogP contribution is 2.28. The van der Waals surface area contributed by atoms with Gasteiger partial charge in [-0.3, -0.25) is 9.59 Å². The van der Waals surface area contributed by atoms with Crippen LogP contribution < -0.4 is 5.32 Å². The van der Waals surface area contributed by atoms with Gasteiger partial charge in [-0.1, -0.05) is 62.7 Å². The maximum Gasteiger partial charge on any atom is 0.314 e. The molecule has 0 fully saturated rings. The number of rotatable bonds is 7. The molecule has 2 aromatic rings. The summed E-state index contributed by atoms with van der Waals surface area (Å²) < 4.78 is 6.06. The number of amides is 1. The van der Waals surface area contributed by atoms with Gasteiger partial charge in [0.15, 0.2) is 6.61 Å². The van der Waals surface area contributed by atoms with Gasteiger partial charge in [0.05, 0.1) is 11.6 Å². The summed E-state index contributed by atoms with van der Waals surface area (Å²) in [5.74, 6) is -0.984. The summed E-state index contributed by atoms with van der Waals surface area (Å²) in [7, 11) is 0. The van der Waals surface area contributed by atoms with Gasteiger partial charge in [-0.05, 0) is 39.5 Å². The number of carbonyl (C=O) groups is 2. The van der Waals surface area contributed by atoms with Crippen LogP contribution in [-0.4, -0.2) is 18.5 Å². The zero-order valence-electron chi connectivity index (χ0n) is 14.4. The third-order valence-corrected chi connectivity index (χ3v) is 4.81. The first-order valence-electron chi connectivity index (χ1n) is 8.29. The monoisotopic (exact) mass is 403 g/mol. The van der Waals surface area contributed by atoms with E-state index in [1.54, 1.807) is 6.07 Å². The van der Waals surface area contributed by atoms with Gasteiger partial charge in [-0.2, -0.15) is 0 Å². The molecule has 2 rings (SSSR count). The first-order valence-corrected chi connectivity index (χ1v) is 9.08. The maximum atomic E-state index is 12.6. The molecule has 1 N–H and O–H groups in total. The lowest BCUT2D eigenvalue weighted by Gasteiger charge is -2.21. The number of esters is 1. The van der Waals surface area contributed by atoms with Crippen molar-refractivity contribution in [3.8, 4) is 0 Å². The van der Waals surface area contributed by atoms with Gasteiger partial charge in [0.25, 0.3) is 5.91 Å². The summed E-state index contributed by atoms with van der Waals surface area (Å²) in [6.07, 6.45) is 0.845. The van der Waals surface area contributed by atoms with Crippen LogP contribution in [0.25, 0.3) is 0 Å². The summed E-state index contributed by atoms with van der Waals surface area (Å²) in [6.45, 7) is 3.74. The zero-order chi connectivity index (χ0) is 18.2. The van der Waals surface area contributed by atoms with Crippen LogP contribution >= 0.6 is 15.9 Å². The summed E-state index contributed by atoms with van der Waals surface area (Å²) in [4.78, 5) is 24.6. The van der Waals surface area contributed by atoms with Crippen LogP contribution in [0.3, 0.4) is 0 Å². The molecule has 0 saturated heterocycles. The van der Waals surface area contributed by atoms with Gasteiger partial charge in [-0.25, -0.2) is 0 Å². The van der Waals surface area contributed by atoms with E-state index in [4.69, 9.17) is 4.74 Å². The number of halogens is 1. The van der Waals surface area contributed by atoms with E-state index in [0.717, 1.165) is 16.5 Å². The average Bonchev–Trinajstić information content (AvgIpc) is 2.63. The first kappa shape index (κ1) is 19.2. The molecule has 0 aliphatic rings. The standard InChI is InChI=1S/C20H22BrNO3/c1-3-14(2)19(15-9-5-4-6-10-15)20(24)25-13-18(23)22-17-12-8-7-11-16(17)21/h4-12,14,19H,3,13H2,1-2H3,(H,22,23)/t14-,19-/m1/s1. The number of benzene rings is 2. The fourth-order valence-electron chi connectivity index (χ4n) is 2.57. The minimum Gasteiger partial charge on any atom is -0.455 e. The average molecular weight is 404 g/mol. The molecule has 1 amide bonds. The van der Waals surface area contributed by atoms with E-state index < -0.39 is 0 Å². The van der Waals surface area contributed by atoms with Crippen molar-refractivity contribution in [2.24, 2.45) is 5.92 Å². The highest BCUT2D eigenvalue weighted by Gasteiger charge is 2.27. The highest BCUT2D eigenvalue weighted by atomic mass is 79.9. The fourth-order valence-corrected chi connectivity index (χ4v) is 2.95. The van der Waals surface area contributed by atoms with Crippen molar-refractivity contribution in [1.82, 2.24) is 0 Å². The van der Waals surface area contributed by atoms with Crippen LogP contribution in [0.15, 0.2) is 59.1 Å². The second kappa shape index (κ2) is 9.37. The summed E-state index contributed by atoms with van der Waals surface area (Å²) in [6, 6.07) is 16.8. The van der Waals surface area contributed by atoms with Gasteiger partial charge >= 0.3 is 5.97 Å². The van der Waals surface area contributed by atoms with Gasteiger partial charge in [0.2, 0.25) is 0 Å². The molecule has 0 spiro atoms. The second-order valence-electron chi connectivity index (χ2n) is 5.91. The van der Waals surface area contributed by atoms with Gasteiger partial charge in [-0.15, -0.1) is 0 Å². The Hall–Kier alpha value is -2.14. The molecule has 0 radical (unpaired) electrons. The Bertz CT molecular complexity index is 718. The smallest absolute Gasteiger partial charge is 0.314 e.